The van der Waals surface area contributed by atoms with Crippen LogP contribution in [0.25, 0.3) is 16.5 Å². The van der Waals surface area contributed by atoms with Gasteiger partial charge in [-0.2, -0.15) is 0 Å². The topological polar surface area (TPSA) is 26.3 Å². The SMILES string of the molecule is O=C(Oc1ccc(-c2ccc(C=C(Br)Br)s2)cc1)c1ccccc1. The van der Waals surface area contributed by atoms with Crippen molar-refractivity contribution in [1.29, 1.82) is 0 Å². The van der Waals surface area contributed by atoms with Gasteiger partial charge in [-0.05, 0) is 92.0 Å². The number of benzene rings is 2. The van der Waals surface area contributed by atoms with Gasteiger partial charge in [0.2, 0.25) is 0 Å². The molecular weight excluding hydrogens is 452 g/mol. The molecule has 5 heteroatoms. The molecule has 0 aliphatic heterocycles. The zero-order valence-corrected chi connectivity index (χ0v) is 16.4. The van der Waals surface area contributed by atoms with Crippen molar-refractivity contribution in [1.82, 2.24) is 0 Å². The molecule has 1 aromatic heterocycles. The minimum Gasteiger partial charge on any atom is -0.423 e. The average Bonchev–Trinajstić information content (AvgIpc) is 3.04. The molecule has 120 valence electrons. The van der Waals surface area contributed by atoms with Crippen molar-refractivity contribution >= 4 is 55.2 Å². The molecule has 0 bridgehead atoms. The summed E-state index contributed by atoms with van der Waals surface area (Å²) in [4.78, 5) is 14.3. The second-order valence-electron chi connectivity index (χ2n) is 4.92. The Kier molecular flexibility index (Phi) is 5.66. The van der Waals surface area contributed by atoms with Crippen molar-refractivity contribution < 1.29 is 9.53 Å². The van der Waals surface area contributed by atoms with E-state index in [9.17, 15) is 4.79 Å². The van der Waals surface area contributed by atoms with Crippen LogP contribution in [0.2, 0.25) is 0 Å². The van der Waals surface area contributed by atoms with Crippen LogP contribution >= 0.6 is 43.2 Å². The standard InChI is InChI=1S/C19H12Br2O2S/c20-18(21)12-16-10-11-17(24-16)13-6-8-15(9-7-13)23-19(22)14-4-2-1-3-5-14/h1-12H. The zero-order chi connectivity index (χ0) is 16.9. The molecule has 0 N–H and O–H groups in total. The molecule has 0 amide bonds. The summed E-state index contributed by atoms with van der Waals surface area (Å²) in [7, 11) is 0. The number of rotatable bonds is 4. The summed E-state index contributed by atoms with van der Waals surface area (Å²) in [6, 6.07) is 20.6. The van der Waals surface area contributed by atoms with Crippen molar-refractivity contribution in [2.45, 2.75) is 0 Å². The van der Waals surface area contributed by atoms with Crippen LogP contribution in [0, 0.1) is 0 Å². The molecule has 0 spiro atoms. The number of thiophene rings is 1. The van der Waals surface area contributed by atoms with Crippen molar-refractivity contribution in [2.75, 3.05) is 0 Å². The van der Waals surface area contributed by atoms with Gasteiger partial charge >= 0.3 is 5.97 Å². The minimum atomic E-state index is -0.353. The lowest BCUT2D eigenvalue weighted by atomic mass is 10.2. The van der Waals surface area contributed by atoms with Crippen LogP contribution in [0.3, 0.4) is 0 Å². The first kappa shape index (κ1) is 17.1. The van der Waals surface area contributed by atoms with Gasteiger partial charge in [0, 0.05) is 9.75 Å². The molecule has 0 radical (unpaired) electrons. The van der Waals surface area contributed by atoms with E-state index in [0.29, 0.717) is 11.3 Å². The van der Waals surface area contributed by atoms with E-state index >= 15 is 0 Å². The maximum atomic E-state index is 12.0. The maximum absolute atomic E-state index is 12.0. The van der Waals surface area contributed by atoms with Crippen molar-refractivity contribution in [2.24, 2.45) is 0 Å². The molecule has 2 aromatic carbocycles. The molecule has 0 atom stereocenters. The highest BCUT2D eigenvalue weighted by Gasteiger charge is 2.08. The number of esters is 1. The Bertz CT molecular complexity index is 864. The smallest absolute Gasteiger partial charge is 0.343 e. The van der Waals surface area contributed by atoms with E-state index in [2.05, 4.69) is 44.0 Å². The van der Waals surface area contributed by atoms with Gasteiger partial charge in [-0.3, -0.25) is 0 Å². The molecular formula is C19H12Br2O2S. The van der Waals surface area contributed by atoms with E-state index in [0.717, 1.165) is 18.7 Å². The highest BCUT2D eigenvalue weighted by Crippen LogP contribution is 2.32. The Morgan fingerprint density at radius 3 is 2.29 bits per heavy atom. The van der Waals surface area contributed by atoms with Crippen molar-refractivity contribution in [3.8, 4) is 16.2 Å². The summed E-state index contributed by atoms with van der Waals surface area (Å²) in [6.07, 6.45) is 2.00. The van der Waals surface area contributed by atoms with Gasteiger partial charge in [0.05, 0.1) is 8.96 Å². The van der Waals surface area contributed by atoms with Crippen LogP contribution in [-0.2, 0) is 0 Å². The summed E-state index contributed by atoms with van der Waals surface area (Å²) < 4.78 is 6.30. The fraction of sp³-hybridized carbons (Fsp3) is 0. The van der Waals surface area contributed by atoms with E-state index in [4.69, 9.17) is 4.74 Å². The molecule has 0 fully saturated rings. The first-order valence-electron chi connectivity index (χ1n) is 7.12. The number of carbonyl (C=O) groups is 1. The Hall–Kier alpha value is -1.69. The van der Waals surface area contributed by atoms with Crippen LogP contribution < -0.4 is 4.74 Å². The van der Waals surface area contributed by atoms with Crippen molar-refractivity contribution in [3.05, 3.63) is 80.6 Å². The normalized spacial score (nSPS) is 10.2. The maximum Gasteiger partial charge on any atom is 0.343 e. The van der Waals surface area contributed by atoms with Gasteiger partial charge in [-0.25, -0.2) is 4.79 Å². The van der Waals surface area contributed by atoms with E-state index in [1.54, 1.807) is 23.5 Å². The molecule has 0 saturated heterocycles. The third-order valence-corrected chi connectivity index (χ3v) is 4.78. The molecule has 1 heterocycles. The van der Waals surface area contributed by atoms with Crippen LogP contribution in [0.15, 0.2) is 70.1 Å². The van der Waals surface area contributed by atoms with E-state index < -0.39 is 0 Å². The van der Waals surface area contributed by atoms with Gasteiger partial charge in [-0.15, -0.1) is 11.3 Å². The monoisotopic (exact) mass is 462 g/mol. The molecule has 3 aromatic rings. The van der Waals surface area contributed by atoms with Gasteiger partial charge in [0.25, 0.3) is 0 Å². The van der Waals surface area contributed by atoms with Gasteiger partial charge in [0.1, 0.15) is 5.75 Å². The summed E-state index contributed by atoms with van der Waals surface area (Å²) in [5, 5.41) is 0. The lowest BCUT2D eigenvalue weighted by Crippen LogP contribution is -2.07. The van der Waals surface area contributed by atoms with Crippen LogP contribution in [0.4, 0.5) is 0 Å². The van der Waals surface area contributed by atoms with E-state index in [1.165, 1.54) is 0 Å². The second-order valence-corrected chi connectivity index (χ2v) is 8.80. The number of hydrogen-bond acceptors (Lipinski definition) is 3. The molecule has 24 heavy (non-hydrogen) atoms. The Morgan fingerprint density at radius 1 is 0.917 bits per heavy atom. The third-order valence-electron chi connectivity index (χ3n) is 3.24. The quantitative estimate of drug-likeness (QED) is 0.317. The largest absolute Gasteiger partial charge is 0.423 e. The Labute approximate surface area is 161 Å². The van der Waals surface area contributed by atoms with Crippen molar-refractivity contribution in [3.63, 3.8) is 0 Å². The average molecular weight is 464 g/mol. The highest BCUT2D eigenvalue weighted by molar-refractivity contribution is 9.28. The number of halogens is 2. The molecule has 0 unspecified atom stereocenters. The van der Waals surface area contributed by atoms with Gasteiger partial charge < -0.3 is 4.74 Å². The minimum absolute atomic E-state index is 0.353. The van der Waals surface area contributed by atoms with E-state index in [1.807, 2.05) is 48.5 Å². The summed E-state index contributed by atoms with van der Waals surface area (Å²) in [5.41, 5.74) is 1.63. The third kappa shape index (κ3) is 4.44. The van der Waals surface area contributed by atoms with Gasteiger partial charge in [0.15, 0.2) is 0 Å². The van der Waals surface area contributed by atoms with Crippen LogP contribution in [0.1, 0.15) is 15.2 Å². The number of hydrogen-bond donors (Lipinski definition) is 0. The summed E-state index contributed by atoms with van der Waals surface area (Å²) >= 11 is 8.42. The lowest BCUT2D eigenvalue weighted by molar-refractivity contribution is 0.0735. The summed E-state index contributed by atoms with van der Waals surface area (Å²) in [6.45, 7) is 0. The Balaban J connectivity index is 1.73. The molecule has 0 saturated carbocycles. The predicted molar refractivity (Wildman–Crippen MR) is 107 cm³/mol. The number of carbonyl (C=O) groups excluding carboxylic acids is 1. The molecule has 0 aliphatic rings. The van der Waals surface area contributed by atoms with Crippen LogP contribution in [0.5, 0.6) is 5.75 Å². The predicted octanol–water partition coefficient (Wildman–Crippen LogP) is 6.72. The molecule has 2 nitrogen and oxygen atoms in total. The first-order valence-corrected chi connectivity index (χ1v) is 9.52. The van der Waals surface area contributed by atoms with Gasteiger partial charge in [-0.1, -0.05) is 18.2 Å². The highest BCUT2D eigenvalue weighted by atomic mass is 79.9. The van der Waals surface area contributed by atoms with E-state index in [-0.39, 0.29) is 5.97 Å². The molecule has 0 aliphatic carbocycles. The fourth-order valence-electron chi connectivity index (χ4n) is 2.12. The summed E-state index contributed by atoms with van der Waals surface area (Å²) in [5.74, 6) is 0.182. The molecule has 3 rings (SSSR count). The van der Waals surface area contributed by atoms with Crippen LogP contribution in [-0.4, -0.2) is 5.97 Å². The Morgan fingerprint density at radius 2 is 1.62 bits per heavy atom. The number of ether oxygens (including phenoxy) is 1. The lowest BCUT2D eigenvalue weighted by Gasteiger charge is -2.05. The second kappa shape index (κ2) is 7.92. The first-order chi connectivity index (χ1) is 11.6. The fourth-order valence-corrected chi connectivity index (χ4v) is 3.87. The zero-order valence-electron chi connectivity index (χ0n) is 12.4.